The fraction of sp³-hybridized carbons (Fsp3) is 0.174. The molecule has 3 aromatic rings. The first-order valence-electron chi connectivity index (χ1n) is 10.1. The van der Waals surface area contributed by atoms with Gasteiger partial charge in [0.2, 0.25) is 0 Å². The molecule has 0 bridgehead atoms. The molecule has 7 nitrogen and oxygen atoms in total. The molecule has 1 aliphatic rings. The highest BCUT2D eigenvalue weighted by Crippen LogP contribution is 2.20. The van der Waals surface area contributed by atoms with E-state index in [-0.39, 0.29) is 5.84 Å². The summed E-state index contributed by atoms with van der Waals surface area (Å²) >= 11 is 5.50. The molecule has 0 saturated carbocycles. The minimum Gasteiger partial charge on any atom is -0.457 e. The van der Waals surface area contributed by atoms with Gasteiger partial charge in [0, 0.05) is 44.1 Å². The zero-order valence-electron chi connectivity index (χ0n) is 17.0. The van der Waals surface area contributed by atoms with E-state index in [9.17, 15) is 0 Å². The fourth-order valence-corrected chi connectivity index (χ4v) is 3.51. The highest BCUT2D eigenvalue weighted by molar-refractivity contribution is 7.80. The van der Waals surface area contributed by atoms with Gasteiger partial charge in [-0.25, -0.2) is 0 Å². The van der Waals surface area contributed by atoms with Crippen LogP contribution in [0.25, 0.3) is 0 Å². The third-order valence-electron chi connectivity index (χ3n) is 4.93. The van der Waals surface area contributed by atoms with Gasteiger partial charge in [-0.3, -0.25) is 10.4 Å². The average Bonchev–Trinajstić information content (AvgIpc) is 2.84. The Kier molecular flexibility index (Phi) is 6.59. The summed E-state index contributed by atoms with van der Waals surface area (Å²) in [6.07, 6.45) is 1.64. The topological polar surface area (TPSA) is 79.0 Å². The van der Waals surface area contributed by atoms with Crippen LogP contribution in [0.15, 0.2) is 84.1 Å². The van der Waals surface area contributed by atoms with Crippen molar-refractivity contribution in [3.63, 3.8) is 0 Å². The number of nitrogens with zero attached hydrogens (tertiary/aromatic N) is 4. The van der Waals surface area contributed by atoms with Gasteiger partial charge in [0.15, 0.2) is 10.9 Å². The lowest BCUT2D eigenvalue weighted by atomic mass is 10.2. The summed E-state index contributed by atoms with van der Waals surface area (Å²) in [6.45, 7) is 3.42. The number of hydrogen-bond donors (Lipinski definition) is 2. The van der Waals surface area contributed by atoms with E-state index < -0.39 is 0 Å². The Morgan fingerprint density at radius 3 is 2.32 bits per heavy atom. The predicted octanol–water partition coefficient (Wildman–Crippen LogP) is 3.19. The molecule has 0 atom stereocenters. The number of benzene rings is 2. The monoisotopic (exact) mass is 432 g/mol. The number of pyridine rings is 1. The maximum atomic E-state index is 6.12. The second kappa shape index (κ2) is 9.90. The SMILES string of the molecule is N/C(=N\NC(=S)N1CCN(c2ccccc2)CC1)c1cc(Oc2ccccc2)ccn1. The van der Waals surface area contributed by atoms with Crippen LogP contribution in [0, 0.1) is 0 Å². The summed E-state index contributed by atoms with van der Waals surface area (Å²) in [7, 11) is 0. The van der Waals surface area contributed by atoms with E-state index in [4.69, 9.17) is 22.7 Å². The second-order valence-corrected chi connectivity index (χ2v) is 7.40. The number of hydrazone groups is 1. The molecule has 1 aliphatic heterocycles. The maximum Gasteiger partial charge on any atom is 0.189 e. The molecule has 1 aromatic heterocycles. The summed E-state index contributed by atoms with van der Waals surface area (Å²) < 4.78 is 5.83. The number of amidine groups is 1. The highest BCUT2D eigenvalue weighted by atomic mass is 32.1. The number of rotatable bonds is 5. The van der Waals surface area contributed by atoms with Gasteiger partial charge >= 0.3 is 0 Å². The number of thiocarbonyl (C=S) groups is 1. The summed E-state index contributed by atoms with van der Waals surface area (Å²) in [5, 5.41) is 4.77. The Labute approximate surface area is 187 Å². The van der Waals surface area contributed by atoms with Crippen LogP contribution < -0.4 is 20.8 Å². The summed E-state index contributed by atoms with van der Waals surface area (Å²) in [4.78, 5) is 8.71. The normalized spacial score (nSPS) is 14.3. The molecule has 0 radical (unpaired) electrons. The minimum absolute atomic E-state index is 0.240. The molecule has 3 N–H and O–H groups in total. The number of ether oxygens (including phenoxy) is 1. The van der Waals surface area contributed by atoms with E-state index in [1.807, 2.05) is 36.4 Å². The number of hydrogen-bond acceptors (Lipinski definition) is 5. The fourth-order valence-electron chi connectivity index (χ4n) is 3.28. The van der Waals surface area contributed by atoms with Crippen molar-refractivity contribution in [2.45, 2.75) is 0 Å². The molecule has 0 aliphatic carbocycles. The molecule has 0 unspecified atom stereocenters. The maximum absolute atomic E-state index is 6.12. The lowest BCUT2D eigenvalue weighted by molar-refractivity contribution is 0.381. The zero-order valence-corrected chi connectivity index (χ0v) is 17.8. The van der Waals surface area contributed by atoms with Crippen LogP contribution >= 0.6 is 12.2 Å². The molecule has 1 saturated heterocycles. The first-order valence-corrected chi connectivity index (χ1v) is 10.5. The molecular weight excluding hydrogens is 408 g/mol. The van der Waals surface area contributed by atoms with Gasteiger partial charge in [-0.1, -0.05) is 36.4 Å². The Morgan fingerprint density at radius 1 is 0.935 bits per heavy atom. The third kappa shape index (κ3) is 5.49. The Balaban J connectivity index is 1.32. The molecule has 0 spiro atoms. The first-order chi connectivity index (χ1) is 15.2. The van der Waals surface area contributed by atoms with Crippen molar-refractivity contribution >= 4 is 28.9 Å². The average molecular weight is 433 g/mol. The molecular formula is C23H24N6OS. The van der Waals surface area contributed by atoms with Crippen molar-refractivity contribution in [1.82, 2.24) is 15.3 Å². The molecule has 31 heavy (non-hydrogen) atoms. The van der Waals surface area contributed by atoms with Crippen LogP contribution in [0.1, 0.15) is 5.69 Å². The van der Waals surface area contributed by atoms with Crippen LogP contribution in [0.2, 0.25) is 0 Å². The Morgan fingerprint density at radius 2 is 1.61 bits per heavy atom. The largest absolute Gasteiger partial charge is 0.457 e. The second-order valence-electron chi connectivity index (χ2n) is 7.02. The zero-order chi connectivity index (χ0) is 21.5. The van der Waals surface area contributed by atoms with Crippen LogP contribution in [0.5, 0.6) is 11.5 Å². The van der Waals surface area contributed by atoms with Gasteiger partial charge in [0.25, 0.3) is 0 Å². The number of nitrogens with two attached hydrogens (primary N) is 1. The minimum atomic E-state index is 0.240. The Bertz CT molecular complexity index is 1040. The van der Waals surface area contributed by atoms with Gasteiger partial charge < -0.3 is 20.3 Å². The van der Waals surface area contributed by atoms with Crippen molar-refractivity contribution in [2.24, 2.45) is 10.8 Å². The van der Waals surface area contributed by atoms with Crippen molar-refractivity contribution in [3.05, 3.63) is 84.7 Å². The standard InChI is InChI=1S/C23H24N6OS/c24-22(21-17-20(11-12-25-21)30-19-9-5-2-6-10-19)26-27-23(31)29-15-13-28(14-16-29)18-7-3-1-4-8-18/h1-12,17H,13-16H2,(H2,24,26)(H,27,31). The van der Waals surface area contributed by atoms with Crippen LogP contribution in [-0.2, 0) is 0 Å². The number of anilines is 1. The van der Waals surface area contributed by atoms with Gasteiger partial charge in [-0.15, -0.1) is 0 Å². The third-order valence-corrected chi connectivity index (χ3v) is 5.28. The van der Waals surface area contributed by atoms with Gasteiger partial charge in [0.05, 0.1) is 0 Å². The summed E-state index contributed by atoms with van der Waals surface area (Å²) in [5.74, 6) is 1.61. The lowest BCUT2D eigenvalue weighted by Gasteiger charge is -2.36. The van der Waals surface area contributed by atoms with Crippen molar-refractivity contribution in [2.75, 3.05) is 31.1 Å². The van der Waals surface area contributed by atoms with E-state index in [1.165, 1.54) is 5.69 Å². The molecule has 158 valence electrons. The van der Waals surface area contributed by atoms with Crippen LogP contribution in [0.3, 0.4) is 0 Å². The molecule has 1 fully saturated rings. The predicted molar refractivity (Wildman–Crippen MR) is 127 cm³/mol. The number of aromatic nitrogens is 1. The molecule has 2 aromatic carbocycles. The lowest BCUT2D eigenvalue weighted by Crippen LogP contribution is -2.51. The highest BCUT2D eigenvalue weighted by Gasteiger charge is 2.19. The Hall–Kier alpha value is -3.65. The first kappa shape index (κ1) is 20.6. The number of piperazine rings is 1. The smallest absolute Gasteiger partial charge is 0.189 e. The summed E-state index contributed by atoms with van der Waals surface area (Å²) in [6, 6.07) is 23.4. The quantitative estimate of drug-likeness (QED) is 0.277. The van der Waals surface area contributed by atoms with E-state index in [0.717, 1.165) is 31.9 Å². The van der Waals surface area contributed by atoms with Crippen LogP contribution in [0.4, 0.5) is 5.69 Å². The van der Waals surface area contributed by atoms with Gasteiger partial charge in [0.1, 0.15) is 17.2 Å². The molecule has 8 heteroatoms. The van der Waals surface area contributed by atoms with E-state index >= 15 is 0 Å². The van der Waals surface area contributed by atoms with Crippen molar-refractivity contribution in [1.29, 1.82) is 0 Å². The van der Waals surface area contributed by atoms with Gasteiger partial charge in [-0.05, 0) is 42.5 Å². The van der Waals surface area contributed by atoms with E-state index in [2.05, 4.69) is 49.6 Å². The molecule has 2 heterocycles. The van der Waals surface area contributed by atoms with E-state index in [1.54, 1.807) is 18.3 Å². The molecule has 4 rings (SSSR count). The van der Waals surface area contributed by atoms with E-state index in [0.29, 0.717) is 16.6 Å². The summed E-state index contributed by atoms with van der Waals surface area (Å²) in [5.41, 5.74) is 10.8. The molecule has 0 amide bonds. The van der Waals surface area contributed by atoms with Crippen LogP contribution in [-0.4, -0.2) is 47.0 Å². The van der Waals surface area contributed by atoms with Gasteiger partial charge in [-0.2, -0.15) is 5.10 Å². The number of para-hydroxylation sites is 2. The van der Waals surface area contributed by atoms with Crippen molar-refractivity contribution < 1.29 is 4.74 Å². The van der Waals surface area contributed by atoms with Crippen molar-refractivity contribution in [3.8, 4) is 11.5 Å². The number of nitrogens with one attached hydrogen (secondary N) is 1.